The van der Waals surface area contributed by atoms with Gasteiger partial charge < -0.3 is 4.74 Å². The highest BCUT2D eigenvalue weighted by atomic mass is 32.2. The van der Waals surface area contributed by atoms with Gasteiger partial charge in [0.1, 0.15) is 11.7 Å². The van der Waals surface area contributed by atoms with Crippen molar-refractivity contribution in [1.82, 2.24) is 19.6 Å². The summed E-state index contributed by atoms with van der Waals surface area (Å²) >= 11 is 0. The Bertz CT molecular complexity index is 1030. The van der Waals surface area contributed by atoms with Crippen molar-refractivity contribution >= 4 is 27.4 Å². The van der Waals surface area contributed by atoms with E-state index >= 15 is 0 Å². The molecule has 0 aromatic carbocycles. The number of fused-ring (bicyclic) bond motifs is 1. The minimum atomic E-state index is -3.78. The summed E-state index contributed by atoms with van der Waals surface area (Å²) in [7, 11) is -3.78. The van der Waals surface area contributed by atoms with Crippen LogP contribution in [0.25, 0.3) is 5.65 Å². The van der Waals surface area contributed by atoms with Gasteiger partial charge in [0.05, 0.1) is 6.20 Å². The molecule has 3 rings (SSSR count). The number of rotatable bonds is 3. The van der Waals surface area contributed by atoms with Crippen LogP contribution in [0.15, 0.2) is 11.4 Å². The molecule has 2 heterocycles. The van der Waals surface area contributed by atoms with Crippen molar-refractivity contribution in [2.75, 3.05) is 11.2 Å². The normalized spacial score (nSPS) is 14.9. The average Bonchev–Trinajstić information content (AvgIpc) is 3.23. The minimum absolute atomic E-state index is 0.0127. The molecular formula is C15H18N6O4S. The highest BCUT2D eigenvalue weighted by Crippen LogP contribution is 2.34. The number of nitriles is 1. The van der Waals surface area contributed by atoms with Gasteiger partial charge in [-0.2, -0.15) is 14.8 Å². The lowest BCUT2D eigenvalue weighted by Crippen LogP contribution is -2.39. The van der Waals surface area contributed by atoms with E-state index in [4.69, 9.17) is 4.74 Å². The molecule has 138 valence electrons. The molecule has 1 aliphatic carbocycles. The molecule has 0 saturated heterocycles. The van der Waals surface area contributed by atoms with Crippen LogP contribution in [0.2, 0.25) is 0 Å². The molecule has 1 aliphatic rings. The number of carbonyl (C=O) groups excluding carboxylic acids is 1. The molecule has 26 heavy (non-hydrogen) atoms. The molecule has 0 unspecified atom stereocenters. The Balaban J connectivity index is 2.22. The van der Waals surface area contributed by atoms with Crippen molar-refractivity contribution < 1.29 is 17.9 Å². The lowest BCUT2D eigenvalue weighted by atomic mass is 10.2. The lowest BCUT2D eigenvalue weighted by molar-refractivity contribution is 0.0576. The van der Waals surface area contributed by atoms with E-state index in [1.54, 1.807) is 20.8 Å². The van der Waals surface area contributed by atoms with Gasteiger partial charge in [0.2, 0.25) is 9.84 Å². The number of nitrogens with zero attached hydrogens (tertiary/aromatic N) is 6. The first-order valence-corrected chi connectivity index (χ1v) is 9.78. The minimum Gasteiger partial charge on any atom is -0.443 e. The zero-order valence-electron chi connectivity index (χ0n) is 14.8. The average molecular weight is 378 g/mol. The summed E-state index contributed by atoms with van der Waals surface area (Å²) in [5, 5.41) is 12.6. The first-order chi connectivity index (χ1) is 12.0. The molecule has 0 aliphatic heterocycles. The second kappa shape index (κ2) is 5.91. The van der Waals surface area contributed by atoms with Crippen molar-refractivity contribution in [2.45, 2.75) is 50.4 Å². The van der Waals surface area contributed by atoms with Gasteiger partial charge in [0.25, 0.3) is 5.16 Å². The number of carbonyl (C=O) groups is 1. The van der Waals surface area contributed by atoms with E-state index in [0.29, 0.717) is 0 Å². The van der Waals surface area contributed by atoms with E-state index in [2.05, 4.69) is 15.1 Å². The number of ether oxygens (including phenoxy) is 1. The highest BCUT2D eigenvalue weighted by molar-refractivity contribution is 7.90. The molecule has 0 spiro atoms. The van der Waals surface area contributed by atoms with E-state index in [1.165, 1.54) is 11.1 Å². The van der Waals surface area contributed by atoms with E-state index in [-0.39, 0.29) is 23.2 Å². The molecule has 0 atom stereocenters. The fraction of sp³-hybridized carbons (Fsp3) is 0.533. The zero-order valence-corrected chi connectivity index (χ0v) is 15.6. The molecule has 10 nitrogen and oxygen atoms in total. The largest absolute Gasteiger partial charge is 0.443 e. The second-order valence-corrected chi connectivity index (χ2v) is 8.97. The summed E-state index contributed by atoms with van der Waals surface area (Å²) in [6.07, 6.45) is 3.02. The van der Waals surface area contributed by atoms with Crippen LogP contribution in [-0.2, 0) is 14.6 Å². The van der Waals surface area contributed by atoms with Crippen LogP contribution in [0.3, 0.4) is 0 Å². The standard InChI is InChI=1S/C15H18N6O4S/c1-15(2,3)25-14(22)20(9-5-6-9)12-11-17-8-10(7-16)21(11)19-13(18-12)26(4,23)24/h8-9H,5-6H2,1-4H3. The Hall–Kier alpha value is -2.74. The van der Waals surface area contributed by atoms with Gasteiger partial charge in [-0.25, -0.2) is 18.2 Å². The molecule has 0 bridgehead atoms. The quantitative estimate of drug-likeness (QED) is 0.781. The van der Waals surface area contributed by atoms with Gasteiger partial charge >= 0.3 is 6.09 Å². The van der Waals surface area contributed by atoms with Crippen LogP contribution < -0.4 is 4.90 Å². The number of aromatic nitrogens is 4. The zero-order chi connectivity index (χ0) is 19.3. The second-order valence-electron chi connectivity index (χ2n) is 7.06. The smallest absolute Gasteiger partial charge is 0.416 e. The third kappa shape index (κ3) is 3.45. The predicted molar refractivity (Wildman–Crippen MR) is 90.3 cm³/mol. The summed E-state index contributed by atoms with van der Waals surface area (Å²) in [6, 6.07) is 1.72. The molecular weight excluding hydrogens is 360 g/mol. The Morgan fingerprint density at radius 1 is 1.42 bits per heavy atom. The summed E-state index contributed by atoms with van der Waals surface area (Å²) in [6.45, 7) is 5.20. The van der Waals surface area contributed by atoms with Crippen molar-refractivity contribution in [3.63, 3.8) is 0 Å². The Labute approximate surface area is 150 Å². The Kier molecular flexibility index (Phi) is 4.11. The lowest BCUT2D eigenvalue weighted by Gasteiger charge is -2.26. The van der Waals surface area contributed by atoms with Gasteiger partial charge in [0.15, 0.2) is 17.2 Å². The number of hydrogen-bond donors (Lipinski definition) is 0. The molecule has 1 amide bonds. The van der Waals surface area contributed by atoms with Gasteiger partial charge in [-0.05, 0) is 33.6 Å². The number of imidazole rings is 1. The van der Waals surface area contributed by atoms with Crippen LogP contribution in [0.1, 0.15) is 39.3 Å². The first kappa shape index (κ1) is 18.1. The van der Waals surface area contributed by atoms with Crippen molar-refractivity contribution in [1.29, 1.82) is 5.26 Å². The van der Waals surface area contributed by atoms with E-state index in [0.717, 1.165) is 23.6 Å². The summed E-state index contributed by atoms with van der Waals surface area (Å²) in [5.41, 5.74) is -0.583. The molecule has 1 saturated carbocycles. The van der Waals surface area contributed by atoms with E-state index in [1.807, 2.05) is 6.07 Å². The van der Waals surface area contributed by atoms with Gasteiger partial charge in [-0.15, -0.1) is 5.10 Å². The maximum Gasteiger partial charge on any atom is 0.416 e. The Morgan fingerprint density at radius 2 is 2.08 bits per heavy atom. The SMILES string of the molecule is CC(C)(C)OC(=O)N(c1nc(S(C)(=O)=O)nn2c(C#N)cnc12)C1CC1. The molecule has 0 radical (unpaired) electrons. The molecule has 11 heteroatoms. The number of anilines is 1. The van der Waals surface area contributed by atoms with Crippen LogP contribution in [-0.4, -0.2) is 52.0 Å². The van der Waals surface area contributed by atoms with Crippen LogP contribution in [0.4, 0.5) is 10.6 Å². The number of hydrogen-bond acceptors (Lipinski definition) is 8. The summed E-state index contributed by atoms with van der Waals surface area (Å²) < 4.78 is 30.5. The molecule has 1 fully saturated rings. The summed E-state index contributed by atoms with van der Waals surface area (Å²) in [4.78, 5) is 22.2. The van der Waals surface area contributed by atoms with Crippen LogP contribution >= 0.6 is 0 Å². The summed E-state index contributed by atoms with van der Waals surface area (Å²) in [5.74, 6) is 0.0127. The third-order valence-corrected chi connectivity index (χ3v) is 4.34. The number of sulfone groups is 1. The first-order valence-electron chi connectivity index (χ1n) is 7.89. The molecule has 2 aromatic heterocycles. The van der Waals surface area contributed by atoms with Gasteiger partial charge in [0, 0.05) is 12.3 Å². The molecule has 0 N–H and O–H groups in total. The van der Waals surface area contributed by atoms with E-state index in [9.17, 15) is 18.5 Å². The van der Waals surface area contributed by atoms with Crippen molar-refractivity contribution in [3.8, 4) is 6.07 Å². The van der Waals surface area contributed by atoms with Gasteiger partial charge in [-0.1, -0.05) is 0 Å². The maximum absolute atomic E-state index is 12.7. The Morgan fingerprint density at radius 3 is 2.58 bits per heavy atom. The van der Waals surface area contributed by atoms with Crippen molar-refractivity contribution in [2.24, 2.45) is 0 Å². The maximum atomic E-state index is 12.7. The van der Waals surface area contributed by atoms with Gasteiger partial charge in [-0.3, -0.25) is 4.90 Å². The monoisotopic (exact) mass is 378 g/mol. The highest BCUT2D eigenvalue weighted by Gasteiger charge is 2.39. The van der Waals surface area contributed by atoms with Crippen LogP contribution in [0, 0.1) is 11.3 Å². The number of amides is 1. The third-order valence-electron chi connectivity index (χ3n) is 3.50. The van der Waals surface area contributed by atoms with E-state index < -0.39 is 26.7 Å². The van der Waals surface area contributed by atoms with Crippen LogP contribution in [0.5, 0.6) is 0 Å². The molecule has 2 aromatic rings. The fourth-order valence-electron chi connectivity index (χ4n) is 2.30. The topological polar surface area (TPSA) is 131 Å². The van der Waals surface area contributed by atoms with Crippen molar-refractivity contribution in [3.05, 3.63) is 11.9 Å². The fourth-order valence-corrected chi connectivity index (χ4v) is 2.78. The predicted octanol–water partition coefficient (Wildman–Crippen LogP) is 1.30.